The maximum atomic E-state index is 12.7. The van der Waals surface area contributed by atoms with E-state index in [2.05, 4.69) is 31.1 Å². The molecule has 190 valence electrons. The van der Waals surface area contributed by atoms with Crippen molar-refractivity contribution in [2.45, 2.75) is 25.9 Å². The highest BCUT2D eigenvalue weighted by molar-refractivity contribution is 5.82. The van der Waals surface area contributed by atoms with Crippen LogP contribution in [0, 0.1) is 0 Å². The first-order chi connectivity index (χ1) is 17.0. The number of esters is 1. The number of aromatic nitrogens is 4. The molecule has 0 aliphatic heterocycles. The third-order valence-electron chi connectivity index (χ3n) is 5.32. The van der Waals surface area contributed by atoms with Gasteiger partial charge >= 0.3 is 17.7 Å². The first-order valence-corrected chi connectivity index (χ1v) is 11.2. The van der Waals surface area contributed by atoms with Crippen LogP contribution in [0.5, 0.6) is 6.01 Å². The SMILES string of the molecule is CNCc1cc(CCCOCC(=O)OC)ccc1Cn1c(=O)[nH]c2c(N)nc(OCCOC)nc21. The van der Waals surface area contributed by atoms with Crippen LogP contribution in [-0.2, 0) is 38.5 Å². The lowest BCUT2D eigenvalue weighted by atomic mass is 10.0. The van der Waals surface area contributed by atoms with Crippen molar-refractivity contribution in [1.82, 2.24) is 24.8 Å². The fourth-order valence-electron chi connectivity index (χ4n) is 3.57. The summed E-state index contributed by atoms with van der Waals surface area (Å²) in [5, 5.41) is 3.18. The lowest BCUT2D eigenvalue weighted by molar-refractivity contribution is -0.145. The first kappa shape index (κ1) is 26.1. The van der Waals surface area contributed by atoms with Crippen molar-refractivity contribution in [3.8, 4) is 6.01 Å². The van der Waals surface area contributed by atoms with Crippen LogP contribution in [0.1, 0.15) is 23.1 Å². The summed E-state index contributed by atoms with van der Waals surface area (Å²) in [5.74, 6) is -0.252. The first-order valence-electron chi connectivity index (χ1n) is 11.2. The van der Waals surface area contributed by atoms with Gasteiger partial charge in [0.25, 0.3) is 0 Å². The smallest absolute Gasteiger partial charge is 0.331 e. The standard InChI is InChI=1S/C23H32N6O6/c1-25-12-17-11-15(5-4-8-34-14-18(30)33-3)6-7-16(17)13-29-21-19(26-23(29)31)20(24)27-22(28-21)35-10-9-32-2/h6-7,11,25H,4-5,8-10,12-14H2,1-3H3,(H,26,31)(H2,24,27,28). The van der Waals surface area contributed by atoms with Crippen molar-refractivity contribution >= 4 is 23.0 Å². The van der Waals surface area contributed by atoms with Gasteiger partial charge in [0.15, 0.2) is 11.5 Å². The Hall–Kier alpha value is -3.48. The van der Waals surface area contributed by atoms with E-state index in [4.69, 9.17) is 19.9 Å². The lowest BCUT2D eigenvalue weighted by Gasteiger charge is -2.13. The van der Waals surface area contributed by atoms with E-state index in [0.717, 1.165) is 29.5 Å². The summed E-state index contributed by atoms with van der Waals surface area (Å²) in [7, 11) is 4.77. The predicted molar refractivity (Wildman–Crippen MR) is 129 cm³/mol. The van der Waals surface area contributed by atoms with Crippen molar-refractivity contribution in [3.05, 3.63) is 45.4 Å². The molecule has 0 aliphatic rings. The molecule has 0 fully saturated rings. The number of aryl methyl sites for hydroxylation is 1. The van der Waals surface area contributed by atoms with Gasteiger partial charge in [-0.15, -0.1) is 0 Å². The fraction of sp³-hybridized carbons (Fsp3) is 0.478. The number of hydrogen-bond donors (Lipinski definition) is 3. The second-order valence-corrected chi connectivity index (χ2v) is 7.81. The van der Waals surface area contributed by atoms with Gasteiger partial charge in [-0.1, -0.05) is 18.2 Å². The van der Waals surface area contributed by atoms with Crippen molar-refractivity contribution in [3.63, 3.8) is 0 Å². The van der Waals surface area contributed by atoms with Crippen LogP contribution in [0.25, 0.3) is 11.2 Å². The number of H-pyrrole nitrogens is 1. The number of fused-ring (bicyclic) bond motifs is 1. The number of rotatable bonds is 14. The number of nitrogen functional groups attached to an aromatic ring is 1. The molecule has 0 amide bonds. The number of ether oxygens (including phenoxy) is 4. The number of benzene rings is 1. The minimum absolute atomic E-state index is 0.0486. The normalized spacial score (nSPS) is 11.2. The van der Waals surface area contributed by atoms with Crippen LogP contribution in [0.2, 0.25) is 0 Å². The summed E-state index contributed by atoms with van der Waals surface area (Å²) < 4.78 is 21.9. The second-order valence-electron chi connectivity index (χ2n) is 7.81. The van der Waals surface area contributed by atoms with Crippen molar-refractivity contribution < 1.29 is 23.7 Å². The van der Waals surface area contributed by atoms with Crippen molar-refractivity contribution in [1.29, 1.82) is 0 Å². The van der Waals surface area contributed by atoms with Gasteiger partial charge in [-0.05, 0) is 36.6 Å². The molecule has 4 N–H and O–H groups in total. The summed E-state index contributed by atoms with van der Waals surface area (Å²) >= 11 is 0. The van der Waals surface area contributed by atoms with E-state index in [-0.39, 0.29) is 36.7 Å². The van der Waals surface area contributed by atoms with E-state index >= 15 is 0 Å². The minimum Gasteiger partial charge on any atom is -0.467 e. The molecular weight excluding hydrogens is 456 g/mol. The Kier molecular flexibility index (Phi) is 9.58. The lowest BCUT2D eigenvalue weighted by Crippen LogP contribution is -2.19. The number of methoxy groups -OCH3 is 2. The molecule has 2 heterocycles. The number of carbonyl (C=O) groups is 1. The van der Waals surface area contributed by atoms with Crippen LogP contribution in [0.15, 0.2) is 23.0 Å². The largest absolute Gasteiger partial charge is 0.467 e. The predicted octanol–water partition coefficient (Wildman–Crippen LogP) is 0.617. The van der Waals surface area contributed by atoms with Crippen LogP contribution < -0.4 is 21.5 Å². The zero-order chi connectivity index (χ0) is 25.2. The molecule has 0 atom stereocenters. The zero-order valence-electron chi connectivity index (χ0n) is 20.3. The van der Waals surface area contributed by atoms with E-state index in [9.17, 15) is 9.59 Å². The number of anilines is 1. The molecule has 0 spiro atoms. The second kappa shape index (κ2) is 12.8. The maximum absolute atomic E-state index is 12.7. The summed E-state index contributed by atoms with van der Waals surface area (Å²) in [6.07, 6.45) is 1.55. The molecule has 1 aromatic carbocycles. The third-order valence-corrected chi connectivity index (χ3v) is 5.32. The van der Waals surface area contributed by atoms with Gasteiger partial charge < -0.3 is 35.0 Å². The van der Waals surface area contributed by atoms with Gasteiger partial charge in [0.2, 0.25) is 0 Å². The monoisotopic (exact) mass is 488 g/mol. The Morgan fingerprint density at radius 3 is 2.74 bits per heavy atom. The van der Waals surface area contributed by atoms with Crippen molar-refractivity contribution in [2.75, 3.05) is 53.4 Å². The van der Waals surface area contributed by atoms with E-state index < -0.39 is 0 Å². The van der Waals surface area contributed by atoms with E-state index in [1.807, 2.05) is 19.2 Å². The van der Waals surface area contributed by atoms with Gasteiger partial charge in [-0.2, -0.15) is 9.97 Å². The zero-order valence-corrected chi connectivity index (χ0v) is 20.3. The van der Waals surface area contributed by atoms with Gasteiger partial charge in [-0.3, -0.25) is 4.57 Å². The van der Waals surface area contributed by atoms with Gasteiger partial charge in [0.1, 0.15) is 18.7 Å². The average molecular weight is 489 g/mol. The summed E-state index contributed by atoms with van der Waals surface area (Å²) in [4.78, 5) is 35.1. The molecule has 3 aromatic rings. The highest BCUT2D eigenvalue weighted by Crippen LogP contribution is 2.20. The number of carbonyl (C=O) groups excluding carboxylic acids is 1. The number of imidazole rings is 1. The topological polar surface area (TPSA) is 156 Å². The van der Waals surface area contributed by atoms with Gasteiger partial charge in [0, 0.05) is 20.3 Å². The van der Waals surface area contributed by atoms with Crippen LogP contribution in [0.4, 0.5) is 5.82 Å². The Balaban J connectivity index is 1.78. The van der Waals surface area contributed by atoms with Crippen molar-refractivity contribution in [2.24, 2.45) is 0 Å². The van der Waals surface area contributed by atoms with Gasteiger partial charge in [0.05, 0.1) is 20.3 Å². The molecule has 0 radical (unpaired) electrons. The molecule has 12 heteroatoms. The third kappa shape index (κ3) is 7.01. The maximum Gasteiger partial charge on any atom is 0.331 e. The molecule has 0 saturated heterocycles. The van der Waals surface area contributed by atoms with E-state index in [1.165, 1.54) is 11.7 Å². The Bertz CT molecular complexity index is 1190. The number of aromatic amines is 1. The molecule has 12 nitrogen and oxygen atoms in total. The summed E-state index contributed by atoms with van der Waals surface area (Å²) in [6.45, 7) is 1.97. The molecule has 0 bridgehead atoms. The average Bonchev–Trinajstić information content (AvgIpc) is 3.16. The number of nitrogens with one attached hydrogen (secondary N) is 2. The number of hydrogen-bond acceptors (Lipinski definition) is 10. The highest BCUT2D eigenvalue weighted by Gasteiger charge is 2.16. The number of nitrogens with zero attached hydrogens (tertiary/aromatic N) is 3. The van der Waals surface area contributed by atoms with Gasteiger partial charge in [-0.25, -0.2) is 9.59 Å². The quantitative estimate of drug-likeness (QED) is 0.217. The Labute approximate surface area is 202 Å². The summed E-state index contributed by atoms with van der Waals surface area (Å²) in [5.41, 5.74) is 9.59. The molecule has 35 heavy (non-hydrogen) atoms. The molecule has 3 rings (SSSR count). The molecular formula is C23H32N6O6. The van der Waals surface area contributed by atoms with E-state index in [1.54, 1.807) is 7.11 Å². The Morgan fingerprint density at radius 2 is 2.00 bits per heavy atom. The Morgan fingerprint density at radius 1 is 1.17 bits per heavy atom. The van der Waals surface area contributed by atoms with Crippen LogP contribution in [-0.4, -0.2) is 73.2 Å². The van der Waals surface area contributed by atoms with Crippen LogP contribution >= 0.6 is 0 Å². The minimum atomic E-state index is -0.390. The molecule has 0 aliphatic carbocycles. The molecule has 0 saturated carbocycles. The number of nitrogens with two attached hydrogens (primary N) is 1. The summed E-state index contributed by atoms with van der Waals surface area (Å²) in [6, 6.07) is 6.22. The van der Waals surface area contributed by atoms with E-state index in [0.29, 0.717) is 37.5 Å². The fourth-order valence-corrected chi connectivity index (χ4v) is 3.57. The van der Waals surface area contributed by atoms with Crippen LogP contribution in [0.3, 0.4) is 0 Å². The highest BCUT2D eigenvalue weighted by atomic mass is 16.6. The molecule has 0 unspecified atom stereocenters. The molecule has 2 aromatic heterocycles.